The lowest BCUT2D eigenvalue weighted by Gasteiger charge is -2.20. The molecule has 1 aliphatic rings. The molecule has 2 heteroatoms. The van der Waals surface area contributed by atoms with E-state index in [9.17, 15) is 0 Å². The fourth-order valence-corrected chi connectivity index (χ4v) is 1.81. The van der Waals surface area contributed by atoms with Crippen LogP contribution < -0.4 is 5.32 Å². The minimum Gasteiger partial charge on any atom is -0.388 e. The summed E-state index contributed by atoms with van der Waals surface area (Å²) in [6, 6.07) is 0. The Balaban J connectivity index is 2.42. The molecule has 15 heavy (non-hydrogen) atoms. The van der Waals surface area contributed by atoms with E-state index in [1.54, 1.807) is 0 Å². The van der Waals surface area contributed by atoms with Crippen LogP contribution in [0.5, 0.6) is 0 Å². The fourth-order valence-electron chi connectivity index (χ4n) is 1.58. The van der Waals surface area contributed by atoms with Crippen molar-refractivity contribution in [1.29, 1.82) is 0 Å². The van der Waals surface area contributed by atoms with Gasteiger partial charge in [-0.1, -0.05) is 43.7 Å². The van der Waals surface area contributed by atoms with Gasteiger partial charge in [-0.15, -0.1) is 0 Å². The molecule has 0 aromatic rings. The van der Waals surface area contributed by atoms with Crippen molar-refractivity contribution < 1.29 is 0 Å². The van der Waals surface area contributed by atoms with Gasteiger partial charge >= 0.3 is 0 Å². The van der Waals surface area contributed by atoms with Crippen LogP contribution in [-0.2, 0) is 0 Å². The third-order valence-corrected chi connectivity index (χ3v) is 3.16. The first-order chi connectivity index (χ1) is 7.15. The van der Waals surface area contributed by atoms with Crippen LogP contribution in [0.1, 0.15) is 33.1 Å². The Labute approximate surface area is 97.9 Å². The van der Waals surface area contributed by atoms with Crippen molar-refractivity contribution in [2.45, 2.75) is 33.1 Å². The molecule has 1 nitrogen and oxygen atoms in total. The lowest BCUT2D eigenvalue weighted by Crippen LogP contribution is -2.20. The molecule has 0 fully saturated rings. The Hall–Kier alpha value is -0.690. The average molecular weight is 226 g/mol. The molecule has 1 aliphatic carbocycles. The van der Waals surface area contributed by atoms with Crippen molar-refractivity contribution in [2.24, 2.45) is 5.92 Å². The molecular formula is C13H20ClN. The van der Waals surface area contributed by atoms with Crippen LogP contribution in [-0.4, -0.2) is 6.54 Å². The third kappa shape index (κ3) is 3.75. The minimum absolute atomic E-state index is 0.359. The lowest BCUT2D eigenvalue weighted by atomic mass is 9.94. The molecule has 0 heterocycles. The number of halogens is 1. The van der Waals surface area contributed by atoms with E-state index in [0.29, 0.717) is 5.92 Å². The van der Waals surface area contributed by atoms with Crippen molar-refractivity contribution in [3.05, 3.63) is 35.0 Å². The summed E-state index contributed by atoms with van der Waals surface area (Å²) < 4.78 is 0. The zero-order chi connectivity index (χ0) is 11.3. The number of unbranched alkanes of at least 4 members (excludes halogenated alkanes) is 1. The van der Waals surface area contributed by atoms with Gasteiger partial charge in [0.1, 0.15) is 0 Å². The van der Waals surface area contributed by atoms with E-state index < -0.39 is 0 Å². The van der Waals surface area contributed by atoms with Gasteiger partial charge in [0.15, 0.2) is 0 Å². The van der Waals surface area contributed by atoms with Crippen LogP contribution in [0.3, 0.4) is 0 Å². The van der Waals surface area contributed by atoms with Gasteiger partial charge in [-0.05, 0) is 25.3 Å². The second kappa shape index (κ2) is 6.02. The van der Waals surface area contributed by atoms with Gasteiger partial charge in [0.25, 0.3) is 0 Å². The monoisotopic (exact) mass is 225 g/mol. The molecule has 0 amide bonds. The Morgan fingerprint density at radius 1 is 1.67 bits per heavy atom. The first kappa shape index (κ1) is 12.4. The zero-order valence-electron chi connectivity index (χ0n) is 9.65. The van der Waals surface area contributed by atoms with Gasteiger partial charge in [-0.2, -0.15) is 0 Å². The number of rotatable bonds is 5. The molecule has 1 atom stereocenters. The van der Waals surface area contributed by atoms with Crippen LogP contribution >= 0.6 is 11.6 Å². The van der Waals surface area contributed by atoms with Gasteiger partial charge in [0.2, 0.25) is 0 Å². The minimum atomic E-state index is 0.359. The highest BCUT2D eigenvalue weighted by molar-refractivity contribution is 6.32. The van der Waals surface area contributed by atoms with Gasteiger partial charge in [0, 0.05) is 23.2 Å². The predicted molar refractivity (Wildman–Crippen MR) is 67.9 cm³/mol. The third-order valence-electron chi connectivity index (χ3n) is 2.73. The van der Waals surface area contributed by atoms with E-state index in [1.807, 2.05) is 6.92 Å². The Morgan fingerprint density at radius 2 is 2.40 bits per heavy atom. The van der Waals surface area contributed by atoms with Crippen molar-refractivity contribution in [3.63, 3.8) is 0 Å². The summed E-state index contributed by atoms with van der Waals surface area (Å²) in [5, 5.41) is 4.23. The molecule has 1 N–H and O–H groups in total. The number of hydrogen-bond acceptors (Lipinski definition) is 1. The van der Waals surface area contributed by atoms with Crippen molar-refractivity contribution >= 4 is 11.6 Å². The summed E-state index contributed by atoms with van der Waals surface area (Å²) in [5.74, 6) is 0.359. The van der Waals surface area contributed by atoms with Crippen LogP contribution in [0.4, 0.5) is 0 Å². The molecule has 1 unspecified atom stereocenters. The summed E-state index contributed by atoms with van der Waals surface area (Å²) in [6.45, 7) is 9.31. The van der Waals surface area contributed by atoms with E-state index in [0.717, 1.165) is 23.7 Å². The highest BCUT2D eigenvalue weighted by Crippen LogP contribution is 2.28. The standard InChI is InChI=1S/C13H20ClN/c1-4-5-8-15-11(3)12-7-6-10(2)13(14)9-12/h6,9,12,15H,3-5,7-8H2,1-2H3. The van der Waals surface area contributed by atoms with E-state index >= 15 is 0 Å². The first-order valence-corrected chi connectivity index (χ1v) is 6.00. The maximum Gasteiger partial charge on any atom is 0.0398 e. The van der Waals surface area contributed by atoms with Gasteiger partial charge in [0.05, 0.1) is 0 Å². The van der Waals surface area contributed by atoms with E-state index in [4.69, 9.17) is 11.6 Å². The topological polar surface area (TPSA) is 12.0 Å². The molecule has 0 spiro atoms. The molecule has 0 radical (unpaired) electrons. The van der Waals surface area contributed by atoms with Crippen LogP contribution in [0, 0.1) is 5.92 Å². The summed E-state index contributed by atoms with van der Waals surface area (Å²) in [7, 11) is 0. The molecular weight excluding hydrogens is 206 g/mol. The molecule has 0 aromatic carbocycles. The van der Waals surface area contributed by atoms with Crippen LogP contribution in [0.15, 0.2) is 35.0 Å². The molecule has 0 saturated carbocycles. The zero-order valence-corrected chi connectivity index (χ0v) is 10.4. The summed E-state index contributed by atoms with van der Waals surface area (Å²) in [5.41, 5.74) is 2.26. The first-order valence-electron chi connectivity index (χ1n) is 5.62. The Kier molecular flexibility index (Phi) is 4.97. The van der Waals surface area contributed by atoms with Gasteiger partial charge in [-0.3, -0.25) is 0 Å². The summed E-state index contributed by atoms with van der Waals surface area (Å²) in [6.07, 6.45) is 7.69. The molecule has 0 bridgehead atoms. The van der Waals surface area contributed by atoms with E-state index in [-0.39, 0.29) is 0 Å². The lowest BCUT2D eigenvalue weighted by molar-refractivity contribution is 0.630. The fraction of sp³-hybridized carbons (Fsp3) is 0.538. The second-order valence-electron chi connectivity index (χ2n) is 4.05. The largest absolute Gasteiger partial charge is 0.388 e. The average Bonchev–Trinajstić information content (AvgIpc) is 2.22. The highest BCUT2D eigenvalue weighted by atomic mass is 35.5. The normalized spacial score (nSPS) is 20.6. The molecule has 84 valence electrons. The van der Waals surface area contributed by atoms with E-state index in [1.165, 1.54) is 18.4 Å². The van der Waals surface area contributed by atoms with Crippen LogP contribution in [0.2, 0.25) is 0 Å². The quantitative estimate of drug-likeness (QED) is 0.698. The Morgan fingerprint density at radius 3 is 3.00 bits per heavy atom. The molecule has 0 aliphatic heterocycles. The SMILES string of the molecule is C=C(NCCCC)C1C=C(Cl)C(C)=CC1. The molecule has 0 saturated heterocycles. The number of nitrogens with one attached hydrogen (secondary N) is 1. The summed E-state index contributed by atoms with van der Waals surface area (Å²) >= 11 is 6.09. The maximum atomic E-state index is 6.09. The van der Waals surface area contributed by atoms with Crippen LogP contribution in [0.25, 0.3) is 0 Å². The number of hydrogen-bond donors (Lipinski definition) is 1. The second-order valence-corrected chi connectivity index (χ2v) is 4.46. The van der Waals surface area contributed by atoms with Crippen molar-refractivity contribution in [2.75, 3.05) is 6.54 Å². The van der Waals surface area contributed by atoms with Gasteiger partial charge in [-0.25, -0.2) is 0 Å². The number of allylic oxidation sites excluding steroid dienone is 4. The van der Waals surface area contributed by atoms with Crippen molar-refractivity contribution in [1.82, 2.24) is 5.32 Å². The summed E-state index contributed by atoms with van der Waals surface area (Å²) in [4.78, 5) is 0. The van der Waals surface area contributed by atoms with Gasteiger partial charge < -0.3 is 5.32 Å². The predicted octanol–water partition coefficient (Wildman–Crippen LogP) is 3.98. The maximum absolute atomic E-state index is 6.09. The molecule has 0 aromatic heterocycles. The molecule has 1 rings (SSSR count). The Bertz CT molecular complexity index is 289. The smallest absolute Gasteiger partial charge is 0.0398 e. The van der Waals surface area contributed by atoms with Crippen molar-refractivity contribution in [3.8, 4) is 0 Å². The van der Waals surface area contributed by atoms with E-state index in [2.05, 4.69) is 31.0 Å². The highest BCUT2D eigenvalue weighted by Gasteiger charge is 2.14.